The number of hydrogen-bond acceptors (Lipinski definition) is 4. The first-order chi connectivity index (χ1) is 13.1. The molecule has 0 amide bonds. The first-order valence-corrected chi connectivity index (χ1v) is 9.51. The fourth-order valence-electron chi connectivity index (χ4n) is 3.49. The Labute approximate surface area is 165 Å². The van der Waals surface area contributed by atoms with Crippen LogP contribution in [0, 0.1) is 0 Å². The lowest BCUT2D eigenvalue weighted by Crippen LogP contribution is -2.27. The molecule has 1 atom stereocenters. The number of rotatable bonds is 3. The van der Waals surface area contributed by atoms with Crippen molar-refractivity contribution >= 4 is 32.7 Å². The van der Waals surface area contributed by atoms with Gasteiger partial charge in [-0.25, -0.2) is 4.79 Å². The molecule has 4 nitrogen and oxygen atoms in total. The molecule has 3 aromatic carbocycles. The van der Waals surface area contributed by atoms with E-state index in [9.17, 15) is 4.79 Å². The SMILES string of the molecule is CCOC(=O)C1=C(N)Oc2c(ccc3ccccc23)C1c1ccc(Br)cc1. The van der Waals surface area contributed by atoms with E-state index in [2.05, 4.69) is 15.9 Å². The number of esters is 1. The Hall–Kier alpha value is -2.79. The smallest absolute Gasteiger partial charge is 0.340 e. The number of halogens is 1. The second-order valence-corrected chi connectivity index (χ2v) is 7.21. The summed E-state index contributed by atoms with van der Waals surface area (Å²) in [5, 5.41) is 2.01. The summed E-state index contributed by atoms with van der Waals surface area (Å²) < 4.78 is 12.2. The Morgan fingerprint density at radius 3 is 2.59 bits per heavy atom. The molecule has 0 bridgehead atoms. The second-order valence-electron chi connectivity index (χ2n) is 6.29. The third-order valence-corrected chi connectivity index (χ3v) is 5.21. The molecule has 27 heavy (non-hydrogen) atoms. The summed E-state index contributed by atoms with van der Waals surface area (Å²) in [6.07, 6.45) is 0. The topological polar surface area (TPSA) is 61.5 Å². The minimum absolute atomic E-state index is 0.0882. The Morgan fingerprint density at radius 2 is 1.85 bits per heavy atom. The highest BCUT2D eigenvalue weighted by Crippen LogP contribution is 2.45. The van der Waals surface area contributed by atoms with Crippen molar-refractivity contribution in [2.45, 2.75) is 12.8 Å². The van der Waals surface area contributed by atoms with Crippen LogP contribution in [-0.2, 0) is 9.53 Å². The van der Waals surface area contributed by atoms with Crippen molar-refractivity contribution in [3.05, 3.63) is 87.7 Å². The van der Waals surface area contributed by atoms with Crippen molar-refractivity contribution in [3.8, 4) is 5.75 Å². The highest BCUT2D eigenvalue weighted by atomic mass is 79.9. The molecule has 0 saturated heterocycles. The van der Waals surface area contributed by atoms with Crippen LogP contribution in [0.25, 0.3) is 10.8 Å². The maximum atomic E-state index is 12.7. The third kappa shape index (κ3) is 3.08. The normalized spacial score (nSPS) is 16.0. The average molecular weight is 424 g/mol. The summed E-state index contributed by atoms with van der Waals surface area (Å²) >= 11 is 3.46. The molecule has 0 aromatic heterocycles. The van der Waals surface area contributed by atoms with E-state index < -0.39 is 5.97 Å². The Kier molecular flexibility index (Phi) is 4.62. The van der Waals surface area contributed by atoms with E-state index in [1.807, 2.05) is 60.7 Å². The molecule has 0 radical (unpaired) electrons. The van der Waals surface area contributed by atoms with E-state index in [-0.39, 0.29) is 18.4 Å². The zero-order valence-electron chi connectivity index (χ0n) is 14.7. The lowest BCUT2D eigenvalue weighted by Gasteiger charge is -2.29. The molecule has 0 spiro atoms. The number of nitrogens with two attached hydrogens (primary N) is 1. The maximum Gasteiger partial charge on any atom is 0.340 e. The zero-order valence-corrected chi connectivity index (χ0v) is 16.3. The van der Waals surface area contributed by atoms with Crippen LogP contribution in [0.4, 0.5) is 0 Å². The summed E-state index contributed by atoms with van der Waals surface area (Å²) in [5.74, 6) is -0.0379. The summed E-state index contributed by atoms with van der Waals surface area (Å²) in [6, 6.07) is 19.8. The van der Waals surface area contributed by atoms with Gasteiger partial charge in [-0.2, -0.15) is 0 Å². The molecular formula is C22H18BrNO3. The molecule has 4 rings (SSSR count). The molecule has 0 aliphatic carbocycles. The number of hydrogen-bond donors (Lipinski definition) is 1. The molecule has 0 fully saturated rings. The van der Waals surface area contributed by atoms with Crippen LogP contribution in [0.1, 0.15) is 24.0 Å². The Balaban J connectivity index is 1.96. The largest absolute Gasteiger partial charge is 0.462 e. The van der Waals surface area contributed by atoms with Gasteiger partial charge in [-0.05, 0) is 30.0 Å². The number of benzene rings is 3. The summed E-state index contributed by atoms with van der Waals surface area (Å²) in [6.45, 7) is 2.04. The van der Waals surface area contributed by atoms with E-state index in [0.717, 1.165) is 26.4 Å². The van der Waals surface area contributed by atoms with Crippen LogP contribution in [-0.4, -0.2) is 12.6 Å². The quantitative estimate of drug-likeness (QED) is 0.610. The van der Waals surface area contributed by atoms with Crippen LogP contribution in [0.2, 0.25) is 0 Å². The van der Waals surface area contributed by atoms with Crippen molar-refractivity contribution in [2.75, 3.05) is 6.61 Å². The lowest BCUT2D eigenvalue weighted by atomic mass is 9.82. The van der Waals surface area contributed by atoms with Crippen molar-refractivity contribution < 1.29 is 14.3 Å². The lowest BCUT2D eigenvalue weighted by molar-refractivity contribution is -0.139. The standard InChI is InChI=1S/C22H18BrNO3/c1-2-26-22(25)19-18(14-7-10-15(23)11-8-14)17-12-9-13-5-3-4-6-16(13)20(17)27-21(19)24/h3-12,18H,2,24H2,1H3. The van der Waals surface area contributed by atoms with Gasteiger partial charge in [-0.15, -0.1) is 0 Å². The van der Waals surface area contributed by atoms with Gasteiger partial charge < -0.3 is 15.2 Å². The van der Waals surface area contributed by atoms with E-state index in [4.69, 9.17) is 15.2 Å². The Morgan fingerprint density at radius 1 is 1.11 bits per heavy atom. The molecule has 1 aliphatic heterocycles. The van der Waals surface area contributed by atoms with Crippen LogP contribution < -0.4 is 10.5 Å². The number of carbonyl (C=O) groups is 1. The van der Waals surface area contributed by atoms with Gasteiger partial charge >= 0.3 is 5.97 Å². The van der Waals surface area contributed by atoms with Crippen molar-refractivity contribution in [1.82, 2.24) is 0 Å². The van der Waals surface area contributed by atoms with Gasteiger partial charge in [0.1, 0.15) is 11.3 Å². The van der Waals surface area contributed by atoms with Gasteiger partial charge in [0, 0.05) is 15.4 Å². The summed E-state index contributed by atoms with van der Waals surface area (Å²) in [4.78, 5) is 12.7. The van der Waals surface area contributed by atoms with E-state index in [0.29, 0.717) is 11.3 Å². The number of fused-ring (bicyclic) bond motifs is 3. The van der Waals surface area contributed by atoms with Crippen molar-refractivity contribution in [3.63, 3.8) is 0 Å². The molecule has 2 N–H and O–H groups in total. The highest BCUT2D eigenvalue weighted by molar-refractivity contribution is 9.10. The predicted molar refractivity (Wildman–Crippen MR) is 108 cm³/mol. The van der Waals surface area contributed by atoms with Crippen molar-refractivity contribution in [1.29, 1.82) is 0 Å². The number of ether oxygens (including phenoxy) is 2. The molecule has 1 unspecified atom stereocenters. The molecule has 136 valence electrons. The minimum Gasteiger partial charge on any atom is -0.462 e. The average Bonchev–Trinajstić information content (AvgIpc) is 2.68. The van der Waals surface area contributed by atoms with Crippen LogP contribution in [0.5, 0.6) is 5.75 Å². The van der Waals surface area contributed by atoms with Gasteiger partial charge in [0.05, 0.1) is 12.5 Å². The first-order valence-electron chi connectivity index (χ1n) is 8.72. The van der Waals surface area contributed by atoms with Crippen LogP contribution in [0.15, 0.2) is 76.6 Å². The molecule has 1 heterocycles. The number of carbonyl (C=O) groups excluding carboxylic acids is 1. The molecule has 1 aliphatic rings. The zero-order chi connectivity index (χ0) is 19.0. The van der Waals surface area contributed by atoms with E-state index in [1.165, 1.54) is 0 Å². The molecule has 5 heteroatoms. The highest BCUT2D eigenvalue weighted by Gasteiger charge is 2.36. The van der Waals surface area contributed by atoms with Gasteiger partial charge in [0.15, 0.2) is 0 Å². The minimum atomic E-state index is -0.457. The summed E-state index contributed by atoms with van der Waals surface area (Å²) in [7, 11) is 0. The van der Waals surface area contributed by atoms with E-state index >= 15 is 0 Å². The predicted octanol–water partition coefficient (Wildman–Crippen LogP) is 4.86. The molecule has 0 saturated carbocycles. The fraction of sp³-hybridized carbons (Fsp3) is 0.136. The van der Waals surface area contributed by atoms with Crippen LogP contribution >= 0.6 is 15.9 Å². The maximum absolute atomic E-state index is 12.7. The second kappa shape index (κ2) is 7.08. The molecule has 3 aromatic rings. The third-order valence-electron chi connectivity index (χ3n) is 4.69. The van der Waals surface area contributed by atoms with Crippen LogP contribution in [0.3, 0.4) is 0 Å². The Bertz CT molecular complexity index is 1060. The van der Waals surface area contributed by atoms with E-state index in [1.54, 1.807) is 6.92 Å². The van der Waals surface area contributed by atoms with Gasteiger partial charge in [0.25, 0.3) is 0 Å². The molecular weight excluding hydrogens is 406 g/mol. The monoisotopic (exact) mass is 423 g/mol. The summed E-state index contributed by atoms with van der Waals surface area (Å²) in [5.41, 5.74) is 8.40. The van der Waals surface area contributed by atoms with Gasteiger partial charge in [0.2, 0.25) is 5.88 Å². The first kappa shape index (κ1) is 17.6. The van der Waals surface area contributed by atoms with Gasteiger partial charge in [-0.3, -0.25) is 0 Å². The van der Waals surface area contributed by atoms with Crippen molar-refractivity contribution in [2.24, 2.45) is 5.73 Å². The fourth-order valence-corrected chi connectivity index (χ4v) is 3.76. The van der Waals surface area contributed by atoms with Gasteiger partial charge in [-0.1, -0.05) is 64.5 Å².